The highest BCUT2D eigenvalue weighted by Crippen LogP contribution is 2.21. The predicted octanol–water partition coefficient (Wildman–Crippen LogP) is 1.80. The number of rotatable bonds is 5. The van der Waals surface area contributed by atoms with E-state index in [4.69, 9.17) is 5.73 Å². The number of aromatic nitrogens is 1. The second kappa shape index (κ2) is 6.09. The molecule has 0 spiro atoms. The summed E-state index contributed by atoms with van der Waals surface area (Å²) in [6.45, 7) is 6.05. The van der Waals surface area contributed by atoms with Crippen LogP contribution >= 0.6 is 0 Å². The van der Waals surface area contributed by atoms with Gasteiger partial charge in [0, 0.05) is 24.2 Å². The van der Waals surface area contributed by atoms with Crippen LogP contribution in [-0.4, -0.2) is 26.0 Å². The molecule has 0 fully saturated rings. The molecule has 0 aliphatic heterocycles. The summed E-state index contributed by atoms with van der Waals surface area (Å²) >= 11 is 0. The zero-order valence-electron chi connectivity index (χ0n) is 12.5. The van der Waals surface area contributed by atoms with Crippen LogP contribution in [-0.2, 0) is 10.0 Å². The average molecular weight is 307 g/mol. The van der Waals surface area contributed by atoms with E-state index in [0.29, 0.717) is 5.52 Å². The number of nitrogens with zero attached hydrogens (tertiary/aromatic N) is 1. The molecule has 1 unspecified atom stereocenters. The molecule has 1 aromatic heterocycles. The molecule has 5 nitrogen and oxygen atoms in total. The van der Waals surface area contributed by atoms with Crippen molar-refractivity contribution in [2.24, 2.45) is 11.7 Å². The van der Waals surface area contributed by atoms with Gasteiger partial charge in [-0.25, -0.2) is 13.1 Å². The second-order valence-electron chi connectivity index (χ2n) is 5.60. The first kappa shape index (κ1) is 15.9. The number of hydrogen-bond donors (Lipinski definition) is 2. The Labute approximate surface area is 125 Å². The topological polar surface area (TPSA) is 85.1 Å². The largest absolute Gasteiger partial charge is 0.326 e. The number of sulfonamides is 1. The van der Waals surface area contributed by atoms with Crippen LogP contribution in [0.5, 0.6) is 0 Å². The monoisotopic (exact) mass is 307 g/mol. The molecule has 0 saturated carbocycles. The van der Waals surface area contributed by atoms with E-state index in [1.807, 2.05) is 32.9 Å². The summed E-state index contributed by atoms with van der Waals surface area (Å²) in [6, 6.07) is 6.84. The number of para-hydroxylation sites is 1. The second-order valence-corrected chi connectivity index (χ2v) is 7.34. The van der Waals surface area contributed by atoms with Crippen molar-refractivity contribution < 1.29 is 8.42 Å². The molecule has 0 radical (unpaired) electrons. The molecule has 1 atom stereocenters. The van der Waals surface area contributed by atoms with Gasteiger partial charge in [0.2, 0.25) is 10.0 Å². The van der Waals surface area contributed by atoms with Gasteiger partial charge in [-0.05, 0) is 30.5 Å². The van der Waals surface area contributed by atoms with Crippen molar-refractivity contribution >= 4 is 20.9 Å². The maximum absolute atomic E-state index is 12.5. The van der Waals surface area contributed by atoms with Crippen LogP contribution in [0.15, 0.2) is 35.4 Å². The smallest absolute Gasteiger partial charge is 0.242 e. The maximum Gasteiger partial charge on any atom is 0.242 e. The van der Waals surface area contributed by atoms with Gasteiger partial charge in [-0.1, -0.05) is 26.0 Å². The Balaban J connectivity index is 2.36. The highest BCUT2D eigenvalue weighted by Gasteiger charge is 2.19. The van der Waals surface area contributed by atoms with Gasteiger partial charge < -0.3 is 5.73 Å². The van der Waals surface area contributed by atoms with Crippen molar-refractivity contribution in [1.82, 2.24) is 9.71 Å². The first-order valence-corrected chi connectivity index (χ1v) is 8.40. The SMILES string of the molecule is Cc1cnc2c(S(=O)(=O)NCC(N)C(C)C)cccc2c1. The van der Waals surface area contributed by atoms with Crippen LogP contribution in [0, 0.1) is 12.8 Å². The molecular weight excluding hydrogens is 286 g/mol. The lowest BCUT2D eigenvalue weighted by Gasteiger charge is -2.16. The summed E-state index contributed by atoms with van der Waals surface area (Å²) in [7, 11) is -3.62. The number of benzene rings is 1. The van der Waals surface area contributed by atoms with E-state index >= 15 is 0 Å². The molecule has 0 aliphatic rings. The lowest BCUT2D eigenvalue weighted by Crippen LogP contribution is -2.40. The number of nitrogens with two attached hydrogens (primary N) is 1. The van der Waals surface area contributed by atoms with Gasteiger partial charge in [0.1, 0.15) is 4.90 Å². The van der Waals surface area contributed by atoms with Gasteiger partial charge in [0.25, 0.3) is 0 Å². The van der Waals surface area contributed by atoms with Crippen molar-refractivity contribution in [1.29, 1.82) is 0 Å². The van der Waals surface area contributed by atoms with Crippen molar-refractivity contribution in [3.05, 3.63) is 36.0 Å². The number of fused-ring (bicyclic) bond motifs is 1. The molecule has 2 aromatic rings. The Kier molecular flexibility index (Phi) is 4.61. The number of pyridine rings is 1. The van der Waals surface area contributed by atoms with Gasteiger partial charge in [0.05, 0.1) is 5.52 Å². The minimum absolute atomic E-state index is 0.191. The van der Waals surface area contributed by atoms with Crippen molar-refractivity contribution in [2.45, 2.75) is 31.7 Å². The van der Waals surface area contributed by atoms with Crippen LogP contribution in [0.25, 0.3) is 10.9 Å². The minimum Gasteiger partial charge on any atom is -0.326 e. The molecule has 2 rings (SSSR count). The Morgan fingerprint density at radius 2 is 2.05 bits per heavy atom. The summed E-state index contributed by atoms with van der Waals surface area (Å²) < 4.78 is 27.5. The van der Waals surface area contributed by atoms with E-state index < -0.39 is 10.0 Å². The van der Waals surface area contributed by atoms with Crippen molar-refractivity contribution in [3.8, 4) is 0 Å². The molecule has 0 amide bonds. The van der Waals surface area contributed by atoms with E-state index in [0.717, 1.165) is 10.9 Å². The third kappa shape index (κ3) is 3.58. The van der Waals surface area contributed by atoms with E-state index in [1.54, 1.807) is 18.3 Å². The van der Waals surface area contributed by atoms with Crippen molar-refractivity contribution in [3.63, 3.8) is 0 Å². The molecule has 1 aromatic carbocycles. The minimum atomic E-state index is -3.62. The molecule has 6 heteroatoms. The van der Waals surface area contributed by atoms with Gasteiger partial charge in [-0.15, -0.1) is 0 Å². The quantitative estimate of drug-likeness (QED) is 0.882. The lowest BCUT2D eigenvalue weighted by atomic mass is 10.1. The maximum atomic E-state index is 12.5. The van der Waals surface area contributed by atoms with E-state index in [-0.39, 0.29) is 23.4 Å². The van der Waals surface area contributed by atoms with Gasteiger partial charge in [-0.2, -0.15) is 0 Å². The fourth-order valence-corrected chi connectivity index (χ4v) is 3.23. The summed E-state index contributed by atoms with van der Waals surface area (Å²) in [6.07, 6.45) is 1.67. The standard InChI is InChI=1S/C15H21N3O2S/c1-10(2)13(16)9-18-21(19,20)14-6-4-5-12-7-11(3)8-17-15(12)14/h4-8,10,13,18H,9,16H2,1-3H3. The third-order valence-electron chi connectivity index (χ3n) is 3.47. The lowest BCUT2D eigenvalue weighted by molar-refractivity contribution is 0.481. The summed E-state index contributed by atoms with van der Waals surface area (Å²) in [5.74, 6) is 0.209. The molecular formula is C15H21N3O2S. The van der Waals surface area contributed by atoms with Crippen molar-refractivity contribution in [2.75, 3.05) is 6.54 Å². The number of nitrogens with one attached hydrogen (secondary N) is 1. The Bertz CT molecular complexity index is 742. The van der Waals surface area contributed by atoms with E-state index in [9.17, 15) is 8.42 Å². The summed E-state index contributed by atoms with van der Waals surface area (Å²) in [5, 5.41) is 0.811. The zero-order valence-corrected chi connectivity index (χ0v) is 13.3. The van der Waals surface area contributed by atoms with Crippen LogP contribution in [0.2, 0.25) is 0 Å². The fourth-order valence-electron chi connectivity index (χ4n) is 1.98. The van der Waals surface area contributed by atoms with E-state index in [1.165, 1.54) is 0 Å². The van der Waals surface area contributed by atoms with Crippen LogP contribution < -0.4 is 10.5 Å². The van der Waals surface area contributed by atoms with Gasteiger partial charge in [-0.3, -0.25) is 4.98 Å². The Morgan fingerprint density at radius 3 is 2.71 bits per heavy atom. The first-order valence-electron chi connectivity index (χ1n) is 6.92. The van der Waals surface area contributed by atoms with Gasteiger partial charge in [0.15, 0.2) is 0 Å². The molecule has 0 bridgehead atoms. The number of aryl methyl sites for hydroxylation is 1. The molecule has 0 saturated heterocycles. The average Bonchev–Trinajstić information content (AvgIpc) is 2.43. The highest BCUT2D eigenvalue weighted by molar-refractivity contribution is 7.89. The Hall–Kier alpha value is -1.50. The summed E-state index contributed by atoms with van der Waals surface area (Å²) in [4.78, 5) is 4.45. The zero-order chi connectivity index (χ0) is 15.6. The molecule has 0 aliphatic carbocycles. The Morgan fingerprint density at radius 1 is 1.33 bits per heavy atom. The molecule has 1 heterocycles. The number of hydrogen-bond acceptors (Lipinski definition) is 4. The van der Waals surface area contributed by atoms with Crippen LogP contribution in [0.4, 0.5) is 0 Å². The first-order chi connectivity index (χ1) is 9.81. The molecule has 21 heavy (non-hydrogen) atoms. The van der Waals surface area contributed by atoms with Crippen LogP contribution in [0.3, 0.4) is 0 Å². The molecule has 3 N–H and O–H groups in total. The third-order valence-corrected chi connectivity index (χ3v) is 4.92. The predicted molar refractivity (Wildman–Crippen MR) is 84.5 cm³/mol. The highest BCUT2D eigenvalue weighted by atomic mass is 32.2. The molecule has 114 valence electrons. The van der Waals surface area contributed by atoms with E-state index in [2.05, 4.69) is 9.71 Å². The van der Waals surface area contributed by atoms with Crippen LogP contribution in [0.1, 0.15) is 19.4 Å². The summed E-state index contributed by atoms with van der Waals surface area (Å²) in [5.41, 5.74) is 7.36. The fraction of sp³-hybridized carbons (Fsp3) is 0.400. The normalized spacial score (nSPS) is 13.8. The van der Waals surface area contributed by atoms with Gasteiger partial charge >= 0.3 is 0 Å².